The van der Waals surface area contributed by atoms with Gasteiger partial charge in [0.15, 0.2) is 11.5 Å². The molecule has 2 N–H and O–H groups in total. The molecule has 0 radical (unpaired) electrons. The summed E-state index contributed by atoms with van der Waals surface area (Å²) in [6.07, 6.45) is -0.587. The fraction of sp³-hybridized carbons (Fsp3) is 0.316. The molecule has 0 aromatic heterocycles. The second kappa shape index (κ2) is 8.27. The lowest BCUT2D eigenvalue weighted by Crippen LogP contribution is -2.23. The molecule has 6 heteroatoms. The van der Waals surface area contributed by atoms with Gasteiger partial charge in [0.2, 0.25) is 5.91 Å². The number of anilines is 1. The van der Waals surface area contributed by atoms with Crippen molar-refractivity contribution in [1.82, 2.24) is 0 Å². The minimum atomic E-state index is -0.587. The van der Waals surface area contributed by atoms with Crippen molar-refractivity contribution in [3.8, 4) is 11.5 Å². The van der Waals surface area contributed by atoms with Gasteiger partial charge in [0.1, 0.15) is 13.2 Å². The van der Waals surface area contributed by atoms with Crippen LogP contribution in [0.4, 0.5) is 5.69 Å². The van der Waals surface area contributed by atoms with E-state index in [0.29, 0.717) is 36.2 Å². The third kappa shape index (κ3) is 4.67. The fourth-order valence-corrected chi connectivity index (χ4v) is 3.32. The molecule has 1 heterocycles. The van der Waals surface area contributed by atoms with Gasteiger partial charge in [0, 0.05) is 17.5 Å². The molecule has 2 aromatic rings. The van der Waals surface area contributed by atoms with Gasteiger partial charge in [-0.2, -0.15) is 0 Å². The zero-order valence-corrected chi connectivity index (χ0v) is 14.8. The van der Waals surface area contributed by atoms with Gasteiger partial charge in [-0.3, -0.25) is 4.79 Å². The highest BCUT2D eigenvalue weighted by molar-refractivity contribution is 8.00. The summed E-state index contributed by atoms with van der Waals surface area (Å²) in [5.41, 5.74) is 1.53. The van der Waals surface area contributed by atoms with Crippen LogP contribution in [0.3, 0.4) is 0 Å². The normalized spacial score (nSPS) is 15.3. The molecule has 1 aliphatic rings. The molecule has 0 saturated heterocycles. The van der Waals surface area contributed by atoms with Crippen LogP contribution in [0.2, 0.25) is 0 Å². The predicted molar refractivity (Wildman–Crippen MR) is 99.4 cm³/mol. The van der Waals surface area contributed by atoms with E-state index < -0.39 is 6.10 Å². The number of benzene rings is 2. The molecule has 1 aliphatic heterocycles. The quantitative estimate of drug-likeness (QED) is 0.829. The van der Waals surface area contributed by atoms with E-state index >= 15 is 0 Å². The third-order valence-electron chi connectivity index (χ3n) is 3.87. The maximum Gasteiger partial charge on any atom is 0.237 e. The molecule has 132 valence electrons. The van der Waals surface area contributed by atoms with Crippen molar-refractivity contribution in [1.29, 1.82) is 0 Å². The number of aliphatic hydroxyl groups is 1. The van der Waals surface area contributed by atoms with E-state index in [1.807, 2.05) is 37.3 Å². The molecule has 25 heavy (non-hydrogen) atoms. The van der Waals surface area contributed by atoms with Crippen molar-refractivity contribution in [2.24, 2.45) is 0 Å². The number of hydrogen-bond acceptors (Lipinski definition) is 5. The predicted octanol–water partition coefficient (Wildman–Crippen LogP) is 3.25. The Morgan fingerprint density at radius 2 is 1.88 bits per heavy atom. The molecule has 3 rings (SSSR count). The van der Waals surface area contributed by atoms with Crippen LogP contribution in [-0.4, -0.2) is 35.2 Å². The number of thioether (sulfide) groups is 1. The van der Waals surface area contributed by atoms with E-state index in [0.717, 1.165) is 5.56 Å². The Balaban J connectivity index is 1.52. The molecule has 1 amide bonds. The summed E-state index contributed by atoms with van der Waals surface area (Å²) in [7, 11) is 0. The summed E-state index contributed by atoms with van der Waals surface area (Å²) in [5, 5.41) is 12.8. The first-order valence-electron chi connectivity index (χ1n) is 8.18. The number of carbonyl (C=O) groups is 1. The van der Waals surface area contributed by atoms with Gasteiger partial charge in [-0.15, -0.1) is 11.8 Å². The first-order chi connectivity index (χ1) is 12.1. The number of ether oxygens (including phenoxy) is 2. The smallest absolute Gasteiger partial charge is 0.237 e. The van der Waals surface area contributed by atoms with E-state index in [1.54, 1.807) is 18.2 Å². The topological polar surface area (TPSA) is 67.8 Å². The average Bonchev–Trinajstić information content (AvgIpc) is 2.66. The lowest BCUT2D eigenvalue weighted by molar-refractivity contribution is -0.115. The minimum absolute atomic E-state index is 0.109. The number of amides is 1. The van der Waals surface area contributed by atoms with Crippen molar-refractivity contribution in [3.63, 3.8) is 0 Å². The summed E-state index contributed by atoms with van der Waals surface area (Å²) < 4.78 is 11.0. The number of carbonyl (C=O) groups excluding carboxylic acids is 1. The van der Waals surface area contributed by atoms with Gasteiger partial charge < -0.3 is 19.9 Å². The molecule has 2 aromatic carbocycles. The van der Waals surface area contributed by atoms with E-state index in [4.69, 9.17) is 9.47 Å². The Morgan fingerprint density at radius 3 is 2.64 bits per heavy atom. The van der Waals surface area contributed by atoms with Crippen LogP contribution in [-0.2, 0) is 4.79 Å². The van der Waals surface area contributed by atoms with Crippen molar-refractivity contribution in [2.45, 2.75) is 18.3 Å². The molecule has 0 aliphatic carbocycles. The number of nitrogens with one attached hydrogen (secondary N) is 1. The molecule has 0 bridgehead atoms. The standard InChI is InChI=1S/C19H21NO4S/c1-13(25-12-16(21)14-5-3-2-4-6-14)19(22)20-15-7-8-17-18(11-15)24-10-9-23-17/h2-8,11,13,16,21H,9-10,12H2,1H3,(H,20,22). The second-order valence-electron chi connectivity index (χ2n) is 5.75. The largest absolute Gasteiger partial charge is 0.486 e. The highest BCUT2D eigenvalue weighted by Crippen LogP contribution is 2.33. The summed E-state index contributed by atoms with van der Waals surface area (Å²) in [4.78, 5) is 12.3. The van der Waals surface area contributed by atoms with Crippen molar-refractivity contribution < 1.29 is 19.4 Å². The van der Waals surface area contributed by atoms with E-state index in [-0.39, 0.29) is 11.2 Å². The van der Waals surface area contributed by atoms with E-state index in [1.165, 1.54) is 11.8 Å². The van der Waals surface area contributed by atoms with Crippen LogP contribution in [0.1, 0.15) is 18.6 Å². The van der Waals surface area contributed by atoms with Gasteiger partial charge in [0.25, 0.3) is 0 Å². The zero-order chi connectivity index (χ0) is 17.6. The van der Waals surface area contributed by atoms with E-state index in [2.05, 4.69) is 5.32 Å². The summed E-state index contributed by atoms with van der Waals surface area (Å²) >= 11 is 1.42. The Morgan fingerprint density at radius 1 is 1.16 bits per heavy atom. The second-order valence-corrected chi connectivity index (χ2v) is 7.12. The SMILES string of the molecule is CC(SCC(O)c1ccccc1)C(=O)Nc1ccc2c(c1)OCCO2. The Bertz CT molecular complexity index is 723. The summed E-state index contributed by atoms with van der Waals surface area (Å²) in [6.45, 7) is 2.87. The van der Waals surface area contributed by atoms with Gasteiger partial charge in [-0.05, 0) is 24.6 Å². The number of fused-ring (bicyclic) bond motifs is 1. The van der Waals surface area contributed by atoms with Crippen LogP contribution in [0.25, 0.3) is 0 Å². The molecule has 2 unspecified atom stereocenters. The van der Waals surface area contributed by atoms with E-state index in [9.17, 15) is 9.90 Å². The maximum atomic E-state index is 12.3. The first-order valence-corrected chi connectivity index (χ1v) is 9.23. The van der Waals surface area contributed by atoms with Crippen LogP contribution in [0, 0.1) is 0 Å². The molecule has 0 spiro atoms. The summed E-state index contributed by atoms with van der Waals surface area (Å²) in [5.74, 6) is 1.68. The van der Waals surface area contributed by atoms with Gasteiger partial charge in [-0.1, -0.05) is 30.3 Å². The number of hydrogen-bond donors (Lipinski definition) is 2. The molecular formula is C19H21NO4S. The third-order valence-corrected chi connectivity index (χ3v) is 5.09. The molecule has 0 saturated carbocycles. The number of aliphatic hydroxyl groups excluding tert-OH is 1. The van der Waals surface area contributed by atoms with Crippen molar-refractivity contribution in [2.75, 3.05) is 24.3 Å². The van der Waals surface area contributed by atoms with Crippen molar-refractivity contribution in [3.05, 3.63) is 54.1 Å². The van der Waals surface area contributed by atoms with Crippen LogP contribution >= 0.6 is 11.8 Å². The highest BCUT2D eigenvalue weighted by atomic mass is 32.2. The minimum Gasteiger partial charge on any atom is -0.486 e. The van der Waals surface area contributed by atoms with Gasteiger partial charge in [-0.25, -0.2) is 0 Å². The molecular weight excluding hydrogens is 338 g/mol. The van der Waals surface area contributed by atoms with Gasteiger partial charge in [0.05, 0.1) is 11.4 Å². The Hall–Kier alpha value is -2.18. The van der Waals surface area contributed by atoms with Crippen molar-refractivity contribution >= 4 is 23.4 Å². The first kappa shape index (κ1) is 17.6. The Labute approximate surface area is 151 Å². The van der Waals surface area contributed by atoms with Crippen LogP contribution in [0.5, 0.6) is 11.5 Å². The van der Waals surface area contributed by atoms with Gasteiger partial charge >= 0.3 is 0 Å². The number of rotatable bonds is 6. The monoisotopic (exact) mass is 359 g/mol. The fourth-order valence-electron chi connectivity index (χ4n) is 2.45. The lowest BCUT2D eigenvalue weighted by Gasteiger charge is -2.19. The van der Waals surface area contributed by atoms with Crippen LogP contribution in [0.15, 0.2) is 48.5 Å². The summed E-state index contributed by atoms with van der Waals surface area (Å²) in [6, 6.07) is 14.8. The highest BCUT2D eigenvalue weighted by Gasteiger charge is 2.18. The molecule has 0 fully saturated rings. The molecule has 5 nitrogen and oxygen atoms in total. The Kier molecular flexibility index (Phi) is 5.83. The average molecular weight is 359 g/mol. The van der Waals surface area contributed by atoms with Crippen LogP contribution < -0.4 is 14.8 Å². The maximum absolute atomic E-state index is 12.3. The zero-order valence-electron chi connectivity index (χ0n) is 14.0. The molecule has 2 atom stereocenters. The lowest BCUT2D eigenvalue weighted by atomic mass is 10.1.